The van der Waals surface area contributed by atoms with Gasteiger partial charge in [0.2, 0.25) is 0 Å². The molecule has 0 bridgehead atoms. The van der Waals surface area contributed by atoms with Crippen molar-refractivity contribution < 1.29 is 19.4 Å². The summed E-state index contributed by atoms with van der Waals surface area (Å²) in [4.78, 5) is 25.2. The number of nitrogens with zero attached hydrogens (tertiary/aromatic N) is 1. The van der Waals surface area contributed by atoms with Crippen LogP contribution in [-0.4, -0.2) is 54.3 Å². The molecule has 7 nitrogen and oxygen atoms in total. The molecular weight excluding hydrogens is 334 g/mol. The first kappa shape index (κ1) is 18.5. The maximum atomic E-state index is 12.4. The number of carbonyl (C=O) groups excluding carboxylic acids is 1. The van der Waals surface area contributed by atoms with Crippen LogP contribution >= 0.6 is 0 Å². The zero-order valence-corrected chi connectivity index (χ0v) is 15.3. The number of likely N-dealkylation sites (N-methyl/N-ethyl adjacent to an activating group) is 1. The van der Waals surface area contributed by atoms with Crippen molar-refractivity contribution in [2.75, 3.05) is 20.2 Å². The number of hydrogen-bond acceptors (Lipinski definition) is 4. The molecule has 2 amide bonds. The van der Waals surface area contributed by atoms with E-state index in [0.29, 0.717) is 6.54 Å². The molecule has 2 saturated carbocycles. The second-order valence-corrected chi connectivity index (χ2v) is 7.19. The van der Waals surface area contributed by atoms with E-state index in [4.69, 9.17) is 9.84 Å². The SMILES string of the molecule is CCN(CC(=O)O)C1CC(NC(=O)NC2(c3cccc(OC)c3)CC2)C1. The summed E-state index contributed by atoms with van der Waals surface area (Å²) in [5, 5.41) is 15.1. The van der Waals surface area contributed by atoms with Gasteiger partial charge in [0.25, 0.3) is 0 Å². The molecule has 0 heterocycles. The Balaban J connectivity index is 1.49. The number of nitrogens with one attached hydrogen (secondary N) is 2. The van der Waals surface area contributed by atoms with Crippen molar-refractivity contribution in [2.24, 2.45) is 0 Å². The average molecular weight is 361 g/mol. The Morgan fingerprint density at radius 1 is 1.35 bits per heavy atom. The van der Waals surface area contributed by atoms with E-state index in [2.05, 4.69) is 10.6 Å². The summed E-state index contributed by atoms with van der Waals surface area (Å²) in [5.41, 5.74) is 0.776. The monoisotopic (exact) mass is 361 g/mol. The lowest BCUT2D eigenvalue weighted by Crippen LogP contribution is -2.57. The first-order chi connectivity index (χ1) is 12.5. The third-order valence-corrected chi connectivity index (χ3v) is 5.43. The molecule has 142 valence electrons. The number of carbonyl (C=O) groups is 2. The molecule has 7 heteroatoms. The molecule has 3 N–H and O–H groups in total. The van der Waals surface area contributed by atoms with Gasteiger partial charge in [-0.05, 0) is 49.9 Å². The summed E-state index contributed by atoms with van der Waals surface area (Å²) < 4.78 is 5.27. The molecule has 0 saturated heterocycles. The molecule has 0 atom stereocenters. The van der Waals surface area contributed by atoms with Crippen molar-refractivity contribution in [3.63, 3.8) is 0 Å². The fourth-order valence-electron chi connectivity index (χ4n) is 3.65. The fourth-order valence-corrected chi connectivity index (χ4v) is 3.65. The zero-order chi connectivity index (χ0) is 18.7. The van der Waals surface area contributed by atoms with E-state index in [1.165, 1.54) is 0 Å². The predicted molar refractivity (Wildman–Crippen MR) is 97.3 cm³/mol. The molecule has 0 spiro atoms. The average Bonchev–Trinajstić information content (AvgIpc) is 3.36. The van der Waals surface area contributed by atoms with Crippen LogP contribution in [0.15, 0.2) is 24.3 Å². The molecule has 2 aliphatic carbocycles. The Kier molecular flexibility index (Phi) is 5.36. The second-order valence-electron chi connectivity index (χ2n) is 7.19. The highest BCUT2D eigenvalue weighted by Gasteiger charge is 2.46. The third-order valence-electron chi connectivity index (χ3n) is 5.43. The van der Waals surface area contributed by atoms with Crippen molar-refractivity contribution in [3.05, 3.63) is 29.8 Å². The lowest BCUT2D eigenvalue weighted by atomic mass is 9.85. The van der Waals surface area contributed by atoms with E-state index >= 15 is 0 Å². The van der Waals surface area contributed by atoms with Gasteiger partial charge in [-0.2, -0.15) is 0 Å². The molecule has 0 radical (unpaired) electrons. The smallest absolute Gasteiger partial charge is 0.317 e. The Morgan fingerprint density at radius 3 is 2.65 bits per heavy atom. The first-order valence-electron chi connectivity index (χ1n) is 9.15. The van der Waals surface area contributed by atoms with Gasteiger partial charge in [0.1, 0.15) is 5.75 Å². The minimum atomic E-state index is -0.810. The first-order valence-corrected chi connectivity index (χ1v) is 9.15. The molecule has 2 aliphatic rings. The second kappa shape index (κ2) is 7.53. The van der Waals surface area contributed by atoms with Crippen molar-refractivity contribution in [2.45, 2.75) is 50.2 Å². The van der Waals surface area contributed by atoms with Crippen LogP contribution in [0.3, 0.4) is 0 Å². The van der Waals surface area contributed by atoms with Crippen molar-refractivity contribution in [1.82, 2.24) is 15.5 Å². The van der Waals surface area contributed by atoms with Crippen molar-refractivity contribution in [3.8, 4) is 5.75 Å². The number of urea groups is 1. The highest BCUT2D eigenvalue weighted by atomic mass is 16.5. The predicted octanol–water partition coefficient (Wildman–Crippen LogP) is 1.92. The van der Waals surface area contributed by atoms with Gasteiger partial charge < -0.3 is 20.5 Å². The number of carboxylic acids is 1. The number of benzene rings is 1. The molecule has 0 aromatic heterocycles. The van der Waals surface area contributed by atoms with Crippen LogP contribution in [0.5, 0.6) is 5.75 Å². The highest BCUT2D eigenvalue weighted by molar-refractivity contribution is 5.76. The van der Waals surface area contributed by atoms with Gasteiger partial charge in [-0.15, -0.1) is 0 Å². The number of rotatable bonds is 8. The molecule has 1 aromatic rings. The number of ether oxygens (including phenoxy) is 1. The van der Waals surface area contributed by atoms with E-state index in [1.807, 2.05) is 36.1 Å². The minimum Gasteiger partial charge on any atom is -0.497 e. The van der Waals surface area contributed by atoms with Gasteiger partial charge in [-0.25, -0.2) is 4.79 Å². The Morgan fingerprint density at radius 2 is 2.08 bits per heavy atom. The van der Waals surface area contributed by atoms with Crippen LogP contribution in [-0.2, 0) is 10.3 Å². The summed E-state index contributed by atoms with van der Waals surface area (Å²) in [6.07, 6.45) is 3.42. The quantitative estimate of drug-likeness (QED) is 0.658. The summed E-state index contributed by atoms with van der Waals surface area (Å²) in [5.74, 6) is -0.0223. The van der Waals surface area contributed by atoms with Crippen LogP contribution in [0.25, 0.3) is 0 Å². The Hall–Kier alpha value is -2.28. The van der Waals surface area contributed by atoms with Crippen molar-refractivity contribution in [1.29, 1.82) is 0 Å². The van der Waals surface area contributed by atoms with Crippen LogP contribution in [0.4, 0.5) is 4.79 Å². The van der Waals surface area contributed by atoms with Crippen LogP contribution < -0.4 is 15.4 Å². The molecule has 1 aromatic carbocycles. The van der Waals surface area contributed by atoms with Gasteiger partial charge >= 0.3 is 12.0 Å². The van der Waals surface area contributed by atoms with Gasteiger partial charge in [0, 0.05) is 12.1 Å². The maximum Gasteiger partial charge on any atom is 0.317 e. The molecule has 3 rings (SSSR count). The van der Waals surface area contributed by atoms with E-state index in [0.717, 1.165) is 37.0 Å². The summed E-state index contributed by atoms with van der Waals surface area (Å²) in [6.45, 7) is 2.72. The van der Waals surface area contributed by atoms with Gasteiger partial charge in [-0.3, -0.25) is 9.69 Å². The fraction of sp³-hybridized carbons (Fsp3) is 0.579. The number of methoxy groups -OCH3 is 1. The normalized spacial score (nSPS) is 23.0. The van der Waals surface area contributed by atoms with E-state index < -0.39 is 5.97 Å². The van der Waals surface area contributed by atoms with Crippen LogP contribution in [0.2, 0.25) is 0 Å². The molecule has 2 fully saturated rings. The number of amides is 2. The highest BCUT2D eigenvalue weighted by Crippen LogP contribution is 2.46. The van der Waals surface area contributed by atoms with Crippen molar-refractivity contribution >= 4 is 12.0 Å². The number of aliphatic carboxylic acids is 1. The topological polar surface area (TPSA) is 90.9 Å². The summed E-state index contributed by atoms with van der Waals surface area (Å²) in [7, 11) is 1.63. The molecule has 26 heavy (non-hydrogen) atoms. The van der Waals surface area contributed by atoms with Gasteiger partial charge in [-0.1, -0.05) is 19.1 Å². The standard InChI is InChI=1S/C19H27N3O4/c1-3-22(12-17(23)24)15-10-14(11-15)20-18(25)21-19(7-8-19)13-5-4-6-16(9-13)26-2/h4-6,9,14-15H,3,7-8,10-12H2,1-2H3,(H,23,24)(H2,20,21,25). The third kappa shape index (κ3) is 4.09. The van der Waals surface area contributed by atoms with Gasteiger partial charge in [0.15, 0.2) is 0 Å². The van der Waals surface area contributed by atoms with Crippen LogP contribution in [0.1, 0.15) is 38.2 Å². The lowest BCUT2D eigenvalue weighted by molar-refractivity contribution is -0.139. The molecule has 0 unspecified atom stereocenters. The number of hydrogen-bond donors (Lipinski definition) is 3. The number of carboxylic acid groups (broad SMARTS) is 1. The Labute approximate surface area is 153 Å². The summed E-state index contributed by atoms with van der Waals surface area (Å²) >= 11 is 0. The van der Waals surface area contributed by atoms with Crippen LogP contribution in [0, 0.1) is 0 Å². The lowest BCUT2D eigenvalue weighted by Gasteiger charge is -2.42. The van der Waals surface area contributed by atoms with E-state index in [1.54, 1.807) is 7.11 Å². The molecular formula is C19H27N3O4. The zero-order valence-electron chi connectivity index (χ0n) is 15.3. The molecule has 0 aliphatic heterocycles. The maximum absolute atomic E-state index is 12.4. The Bertz CT molecular complexity index is 669. The minimum absolute atomic E-state index is 0.0546. The summed E-state index contributed by atoms with van der Waals surface area (Å²) in [6, 6.07) is 7.99. The largest absolute Gasteiger partial charge is 0.497 e. The van der Waals surface area contributed by atoms with E-state index in [-0.39, 0.29) is 30.2 Å². The van der Waals surface area contributed by atoms with Gasteiger partial charge in [0.05, 0.1) is 19.2 Å². The van der Waals surface area contributed by atoms with E-state index in [9.17, 15) is 9.59 Å².